The average Bonchev–Trinajstić information content (AvgIpc) is 2.76. The van der Waals surface area contributed by atoms with Crippen molar-refractivity contribution >= 4 is 5.91 Å². The molecule has 1 heterocycles. The summed E-state index contributed by atoms with van der Waals surface area (Å²) in [5, 5.41) is 12.0. The third-order valence-corrected chi connectivity index (χ3v) is 2.38. The zero-order valence-corrected chi connectivity index (χ0v) is 9.73. The maximum atomic E-state index is 11.5. The Morgan fingerprint density at radius 1 is 1.69 bits per heavy atom. The van der Waals surface area contributed by atoms with E-state index in [0.29, 0.717) is 12.8 Å². The van der Waals surface area contributed by atoms with Crippen molar-refractivity contribution in [1.82, 2.24) is 15.3 Å². The number of aliphatic hydroxyl groups is 1. The van der Waals surface area contributed by atoms with Crippen LogP contribution < -0.4 is 5.32 Å². The van der Waals surface area contributed by atoms with Gasteiger partial charge in [-0.1, -0.05) is 6.92 Å². The summed E-state index contributed by atoms with van der Waals surface area (Å²) in [6, 6.07) is -0.0727. The molecule has 0 aliphatic rings. The van der Waals surface area contributed by atoms with Crippen molar-refractivity contribution in [3.05, 3.63) is 18.2 Å². The van der Waals surface area contributed by atoms with Crippen LogP contribution in [0.3, 0.4) is 0 Å². The van der Waals surface area contributed by atoms with Crippen molar-refractivity contribution in [2.45, 2.75) is 45.3 Å². The van der Waals surface area contributed by atoms with Crippen molar-refractivity contribution in [3.63, 3.8) is 0 Å². The maximum absolute atomic E-state index is 11.5. The molecule has 2 atom stereocenters. The van der Waals surface area contributed by atoms with Crippen molar-refractivity contribution in [3.8, 4) is 0 Å². The number of carbonyl (C=O) groups is 1. The quantitative estimate of drug-likeness (QED) is 0.679. The number of aromatic amines is 1. The summed E-state index contributed by atoms with van der Waals surface area (Å²) in [5.74, 6) is 0.719. The van der Waals surface area contributed by atoms with Gasteiger partial charge in [-0.25, -0.2) is 4.98 Å². The number of hydrogen-bond acceptors (Lipinski definition) is 3. The summed E-state index contributed by atoms with van der Waals surface area (Å²) in [5.41, 5.74) is 0. The zero-order chi connectivity index (χ0) is 12.0. The summed E-state index contributed by atoms with van der Waals surface area (Å²) in [4.78, 5) is 18.6. The van der Waals surface area contributed by atoms with Gasteiger partial charge in [-0.15, -0.1) is 0 Å². The van der Waals surface area contributed by atoms with E-state index in [1.807, 2.05) is 6.92 Å². The van der Waals surface area contributed by atoms with E-state index in [-0.39, 0.29) is 11.9 Å². The highest BCUT2D eigenvalue weighted by Gasteiger charge is 2.14. The predicted molar refractivity (Wildman–Crippen MR) is 60.7 cm³/mol. The van der Waals surface area contributed by atoms with E-state index in [9.17, 15) is 4.79 Å². The van der Waals surface area contributed by atoms with Crippen LogP contribution in [0.4, 0.5) is 0 Å². The smallest absolute Gasteiger partial charge is 0.220 e. The van der Waals surface area contributed by atoms with E-state index >= 15 is 0 Å². The maximum Gasteiger partial charge on any atom is 0.220 e. The zero-order valence-electron chi connectivity index (χ0n) is 9.73. The molecule has 2 unspecified atom stereocenters. The SMILES string of the molecule is CCC(NC(=O)CCC(C)O)c1ncc[nH]1. The van der Waals surface area contributed by atoms with Gasteiger partial charge in [0, 0.05) is 18.8 Å². The van der Waals surface area contributed by atoms with Crippen LogP contribution in [0.25, 0.3) is 0 Å². The van der Waals surface area contributed by atoms with Gasteiger partial charge >= 0.3 is 0 Å². The minimum absolute atomic E-state index is 0.0517. The Labute approximate surface area is 95.3 Å². The summed E-state index contributed by atoms with van der Waals surface area (Å²) >= 11 is 0. The number of aliphatic hydroxyl groups excluding tert-OH is 1. The Morgan fingerprint density at radius 2 is 2.44 bits per heavy atom. The van der Waals surface area contributed by atoms with Crippen LogP contribution in [0.15, 0.2) is 12.4 Å². The lowest BCUT2D eigenvalue weighted by atomic mass is 10.1. The van der Waals surface area contributed by atoms with E-state index in [1.54, 1.807) is 19.3 Å². The number of aromatic nitrogens is 2. The number of carbonyl (C=O) groups excluding carboxylic acids is 1. The Hall–Kier alpha value is -1.36. The molecule has 0 spiro atoms. The molecule has 90 valence electrons. The highest BCUT2D eigenvalue weighted by Crippen LogP contribution is 2.11. The monoisotopic (exact) mass is 225 g/mol. The van der Waals surface area contributed by atoms with Crippen LogP contribution in [-0.2, 0) is 4.79 Å². The number of nitrogens with zero attached hydrogens (tertiary/aromatic N) is 1. The second kappa shape index (κ2) is 6.27. The molecular formula is C11H19N3O2. The molecule has 16 heavy (non-hydrogen) atoms. The standard InChI is InChI=1S/C11H19N3O2/c1-3-9(11-12-6-7-13-11)14-10(16)5-4-8(2)15/h6-9,15H,3-5H2,1-2H3,(H,12,13)(H,14,16). The van der Waals surface area contributed by atoms with E-state index in [4.69, 9.17) is 5.11 Å². The summed E-state index contributed by atoms with van der Waals surface area (Å²) < 4.78 is 0. The molecule has 1 aromatic rings. The Kier molecular flexibility index (Phi) is 4.98. The number of hydrogen-bond donors (Lipinski definition) is 3. The molecule has 1 aromatic heterocycles. The molecule has 0 saturated carbocycles. The lowest BCUT2D eigenvalue weighted by Crippen LogP contribution is -2.29. The molecule has 0 bridgehead atoms. The van der Waals surface area contributed by atoms with Crippen LogP contribution in [0.1, 0.15) is 45.0 Å². The van der Waals surface area contributed by atoms with Crippen molar-refractivity contribution in [2.24, 2.45) is 0 Å². The normalized spacial score (nSPS) is 14.4. The second-order valence-corrected chi connectivity index (χ2v) is 3.89. The largest absolute Gasteiger partial charge is 0.393 e. The summed E-state index contributed by atoms with van der Waals surface area (Å²) in [6.07, 6.45) is 4.58. The number of nitrogens with one attached hydrogen (secondary N) is 2. The van der Waals surface area contributed by atoms with Crippen LogP contribution in [0.2, 0.25) is 0 Å². The molecule has 0 fully saturated rings. The minimum Gasteiger partial charge on any atom is -0.393 e. The van der Waals surface area contributed by atoms with Crippen LogP contribution in [-0.4, -0.2) is 27.1 Å². The van der Waals surface area contributed by atoms with Gasteiger partial charge in [-0.3, -0.25) is 4.79 Å². The first kappa shape index (κ1) is 12.7. The molecule has 0 radical (unpaired) electrons. The molecule has 1 rings (SSSR count). The van der Waals surface area contributed by atoms with Gasteiger partial charge in [0.25, 0.3) is 0 Å². The highest BCUT2D eigenvalue weighted by atomic mass is 16.3. The predicted octanol–water partition coefficient (Wildman–Crippen LogP) is 1.14. The van der Waals surface area contributed by atoms with Gasteiger partial charge < -0.3 is 15.4 Å². The van der Waals surface area contributed by atoms with Gasteiger partial charge in [0.1, 0.15) is 5.82 Å². The third kappa shape index (κ3) is 4.02. The molecule has 3 N–H and O–H groups in total. The van der Waals surface area contributed by atoms with Crippen LogP contribution in [0.5, 0.6) is 0 Å². The first-order valence-corrected chi connectivity index (χ1v) is 5.60. The van der Waals surface area contributed by atoms with Gasteiger partial charge in [0.15, 0.2) is 0 Å². The number of H-pyrrole nitrogens is 1. The van der Waals surface area contributed by atoms with Crippen molar-refractivity contribution in [1.29, 1.82) is 0 Å². The molecule has 5 heteroatoms. The molecule has 0 aliphatic carbocycles. The lowest BCUT2D eigenvalue weighted by Gasteiger charge is -2.14. The first-order chi connectivity index (χ1) is 7.63. The van der Waals surface area contributed by atoms with Gasteiger partial charge in [-0.05, 0) is 19.8 Å². The Balaban J connectivity index is 2.42. The average molecular weight is 225 g/mol. The fraction of sp³-hybridized carbons (Fsp3) is 0.636. The second-order valence-electron chi connectivity index (χ2n) is 3.89. The molecule has 1 amide bonds. The van der Waals surface area contributed by atoms with Crippen molar-refractivity contribution in [2.75, 3.05) is 0 Å². The highest BCUT2D eigenvalue weighted by molar-refractivity contribution is 5.76. The number of rotatable bonds is 6. The lowest BCUT2D eigenvalue weighted by molar-refractivity contribution is -0.122. The van der Waals surface area contributed by atoms with Gasteiger partial charge in [0.2, 0.25) is 5.91 Å². The van der Waals surface area contributed by atoms with E-state index in [0.717, 1.165) is 12.2 Å². The molecule has 0 aromatic carbocycles. The van der Waals surface area contributed by atoms with Crippen LogP contribution >= 0.6 is 0 Å². The topological polar surface area (TPSA) is 78.0 Å². The Morgan fingerprint density at radius 3 is 2.94 bits per heavy atom. The number of imidazole rings is 1. The minimum atomic E-state index is -0.436. The summed E-state index contributed by atoms with van der Waals surface area (Å²) in [7, 11) is 0. The van der Waals surface area contributed by atoms with Gasteiger partial charge in [0.05, 0.1) is 12.1 Å². The summed E-state index contributed by atoms with van der Waals surface area (Å²) in [6.45, 7) is 3.67. The van der Waals surface area contributed by atoms with E-state index < -0.39 is 6.10 Å². The molecular weight excluding hydrogens is 206 g/mol. The fourth-order valence-electron chi connectivity index (χ4n) is 1.44. The molecule has 0 saturated heterocycles. The van der Waals surface area contributed by atoms with E-state index in [2.05, 4.69) is 15.3 Å². The third-order valence-electron chi connectivity index (χ3n) is 2.38. The van der Waals surface area contributed by atoms with Gasteiger partial charge in [-0.2, -0.15) is 0 Å². The van der Waals surface area contributed by atoms with Crippen LogP contribution in [0, 0.1) is 0 Å². The first-order valence-electron chi connectivity index (χ1n) is 5.60. The van der Waals surface area contributed by atoms with E-state index in [1.165, 1.54) is 0 Å². The number of amides is 1. The Bertz CT molecular complexity index is 309. The van der Waals surface area contributed by atoms with Crippen molar-refractivity contribution < 1.29 is 9.90 Å². The molecule has 5 nitrogen and oxygen atoms in total. The molecule has 0 aliphatic heterocycles. The fourth-order valence-corrected chi connectivity index (χ4v) is 1.44.